The van der Waals surface area contributed by atoms with Crippen LogP contribution in [0.15, 0.2) is 57.4 Å². The third kappa shape index (κ3) is 4.76. The molecule has 5 rings (SSSR count). The molecule has 3 aromatic rings. The predicted molar refractivity (Wildman–Crippen MR) is 140 cm³/mol. The average Bonchev–Trinajstić information content (AvgIpc) is 3.54. The number of amides is 2. The zero-order chi connectivity index (χ0) is 26.1. The number of fused-ring (bicyclic) bond motifs is 2. The maximum absolute atomic E-state index is 13.1. The van der Waals surface area contributed by atoms with Crippen molar-refractivity contribution >= 4 is 69.1 Å². The Hall–Kier alpha value is -3.56. The molecule has 0 bridgehead atoms. The molecule has 0 radical (unpaired) electrons. The van der Waals surface area contributed by atoms with Gasteiger partial charge in [-0.1, -0.05) is 11.2 Å². The number of hydrogen-bond donors (Lipinski definition) is 3. The standard InChI is InChI=1S/C22H21N7O5S3/c1-2-34-27-15(12-10-37-22(23)25-12)18(30)26-16-19(31)29-17(21(32)33)11(9-36-20(16)29)8-35-14-5-3-4-13-24-6-7-28(13)14/h3-7,10,16,20H,2,8-9H2,1H3,(H2,23,25)(H,26,30)(H,32,33)/b27-15-/t16-,20-/m1/s1. The Morgan fingerprint density at radius 2 is 2.24 bits per heavy atom. The molecule has 2 atom stereocenters. The minimum Gasteiger partial charge on any atom is -0.477 e. The fourth-order valence-corrected chi connectivity index (χ4v) is 6.99. The first-order valence-electron chi connectivity index (χ1n) is 11.1. The van der Waals surface area contributed by atoms with Crippen LogP contribution < -0.4 is 11.1 Å². The van der Waals surface area contributed by atoms with Crippen molar-refractivity contribution < 1.29 is 24.3 Å². The normalized spacial score (nSPS) is 19.5. The summed E-state index contributed by atoms with van der Waals surface area (Å²) in [5.41, 5.74) is 7.18. The lowest BCUT2D eigenvalue weighted by atomic mass is 10.0. The number of nitrogens with one attached hydrogen (secondary N) is 1. The van der Waals surface area contributed by atoms with Crippen molar-refractivity contribution in [1.82, 2.24) is 24.6 Å². The summed E-state index contributed by atoms with van der Waals surface area (Å²) in [6.07, 6.45) is 3.54. The first-order valence-corrected chi connectivity index (χ1v) is 14.0. The number of aliphatic carboxylic acids is 1. The van der Waals surface area contributed by atoms with E-state index < -0.39 is 29.2 Å². The molecule has 5 heterocycles. The number of hydrogen-bond acceptors (Lipinski definition) is 11. The number of rotatable bonds is 9. The van der Waals surface area contributed by atoms with Gasteiger partial charge in [-0.3, -0.25) is 18.9 Å². The molecular formula is C22H21N7O5S3. The predicted octanol–water partition coefficient (Wildman–Crippen LogP) is 1.64. The minimum absolute atomic E-state index is 0.0416. The number of carbonyl (C=O) groups excluding carboxylic acids is 2. The molecule has 4 N–H and O–H groups in total. The second-order valence-corrected chi connectivity index (χ2v) is 10.8. The largest absolute Gasteiger partial charge is 0.477 e. The Bertz CT molecular complexity index is 1450. The lowest BCUT2D eigenvalue weighted by Gasteiger charge is -2.49. The van der Waals surface area contributed by atoms with E-state index in [9.17, 15) is 19.5 Å². The van der Waals surface area contributed by atoms with E-state index in [1.54, 1.807) is 18.5 Å². The molecule has 2 amide bonds. The molecule has 0 unspecified atom stereocenters. The molecule has 0 spiro atoms. The Kier molecular flexibility index (Phi) is 7.08. The summed E-state index contributed by atoms with van der Waals surface area (Å²) < 4.78 is 1.92. The molecule has 0 saturated carbocycles. The monoisotopic (exact) mass is 559 g/mol. The van der Waals surface area contributed by atoms with Gasteiger partial charge in [-0.2, -0.15) is 0 Å². The molecule has 2 aliphatic heterocycles. The Morgan fingerprint density at radius 1 is 1.41 bits per heavy atom. The van der Waals surface area contributed by atoms with Crippen molar-refractivity contribution in [2.24, 2.45) is 5.16 Å². The quantitative estimate of drug-likeness (QED) is 0.152. The Balaban J connectivity index is 1.32. The van der Waals surface area contributed by atoms with Crippen molar-refractivity contribution in [3.05, 3.63) is 52.9 Å². The molecule has 0 aromatic carbocycles. The number of oxime groups is 1. The number of imidazole rings is 1. The van der Waals surface area contributed by atoms with Gasteiger partial charge in [0.15, 0.2) is 10.8 Å². The van der Waals surface area contributed by atoms with Gasteiger partial charge in [0.05, 0.1) is 5.03 Å². The molecule has 1 fully saturated rings. The van der Waals surface area contributed by atoms with Crippen molar-refractivity contribution in [3.8, 4) is 0 Å². The fourth-order valence-electron chi connectivity index (χ4n) is 3.93. The summed E-state index contributed by atoms with van der Waals surface area (Å²) in [6.45, 7) is 1.94. The molecule has 1 saturated heterocycles. The third-order valence-electron chi connectivity index (χ3n) is 5.59. The highest BCUT2D eigenvalue weighted by molar-refractivity contribution is 8.01. The number of β-lactam (4-membered cyclic amide) rings is 1. The van der Waals surface area contributed by atoms with Gasteiger partial charge >= 0.3 is 5.97 Å². The second-order valence-electron chi connectivity index (χ2n) is 7.86. The molecule has 0 aliphatic carbocycles. The van der Waals surface area contributed by atoms with Crippen LogP contribution in [0.2, 0.25) is 0 Å². The van der Waals surface area contributed by atoms with E-state index in [2.05, 4.69) is 20.4 Å². The zero-order valence-electron chi connectivity index (χ0n) is 19.4. The number of carboxylic acid groups (broad SMARTS) is 1. The zero-order valence-corrected chi connectivity index (χ0v) is 21.8. The number of carbonyl (C=O) groups is 3. The van der Waals surface area contributed by atoms with Crippen molar-refractivity contribution in [1.29, 1.82) is 0 Å². The van der Waals surface area contributed by atoms with E-state index in [1.165, 1.54) is 28.4 Å². The van der Waals surface area contributed by atoms with Crippen LogP contribution in [0.4, 0.5) is 5.13 Å². The van der Waals surface area contributed by atoms with E-state index in [-0.39, 0.29) is 28.8 Å². The molecule has 3 aromatic heterocycles. The van der Waals surface area contributed by atoms with Crippen LogP contribution in [0.5, 0.6) is 0 Å². The summed E-state index contributed by atoms with van der Waals surface area (Å²) in [5.74, 6) is -1.56. The van der Waals surface area contributed by atoms with Crippen LogP contribution >= 0.6 is 34.9 Å². The van der Waals surface area contributed by atoms with Gasteiger partial charge in [0.1, 0.15) is 35.1 Å². The topological polar surface area (TPSA) is 165 Å². The van der Waals surface area contributed by atoms with Gasteiger partial charge in [-0.15, -0.1) is 34.9 Å². The third-order valence-corrected chi connectivity index (χ3v) is 8.72. The number of nitrogens with zero attached hydrogens (tertiary/aromatic N) is 5. The highest BCUT2D eigenvalue weighted by Gasteiger charge is 2.54. The smallest absolute Gasteiger partial charge is 0.352 e. The Labute approximate surface area is 223 Å². The van der Waals surface area contributed by atoms with Crippen LogP contribution in [0.3, 0.4) is 0 Å². The van der Waals surface area contributed by atoms with Gasteiger partial charge in [0, 0.05) is 29.3 Å². The molecule has 2 aliphatic rings. The maximum atomic E-state index is 13.1. The van der Waals surface area contributed by atoms with Crippen LogP contribution in [-0.4, -0.2) is 77.4 Å². The van der Waals surface area contributed by atoms with Crippen molar-refractivity contribution in [2.75, 3.05) is 23.8 Å². The highest BCUT2D eigenvalue weighted by atomic mass is 32.2. The van der Waals surface area contributed by atoms with E-state index in [0.29, 0.717) is 17.1 Å². The summed E-state index contributed by atoms with van der Waals surface area (Å²) in [5, 5.41) is 18.6. The number of aromatic nitrogens is 3. The number of pyridine rings is 1. The molecule has 192 valence electrons. The average molecular weight is 560 g/mol. The molecule has 37 heavy (non-hydrogen) atoms. The highest BCUT2D eigenvalue weighted by Crippen LogP contribution is 2.41. The van der Waals surface area contributed by atoms with Crippen LogP contribution in [0.25, 0.3) is 5.65 Å². The lowest BCUT2D eigenvalue weighted by molar-refractivity contribution is -0.150. The number of nitrogen functional groups attached to an aromatic ring is 1. The van der Waals surface area contributed by atoms with E-state index >= 15 is 0 Å². The van der Waals surface area contributed by atoms with Crippen molar-refractivity contribution in [3.63, 3.8) is 0 Å². The number of thiazole rings is 1. The van der Waals surface area contributed by atoms with Crippen LogP contribution in [-0.2, 0) is 19.2 Å². The van der Waals surface area contributed by atoms with E-state index in [0.717, 1.165) is 22.0 Å². The van der Waals surface area contributed by atoms with Gasteiger partial charge in [0.25, 0.3) is 11.8 Å². The number of anilines is 1. The minimum atomic E-state index is -1.18. The lowest BCUT2D eigenvalue weighted by Crippen LogP contribution is -2.71. The first-order chi connectivity index (χ1) is 17.9. The van der Waals surface area contributed by atoms with Gasteiger partial charge in [0.2, 0.25) is 0 Å². The molecule has 15 heteroatoms. The number of nitrogens with two attached hydrogens (primary N) is 1. The molecular weight excluding hydrogens is 538 g/mol. The van der Waals surface area contributed by atoms with E-state index in [1.807, 2.05) is 28.8 Å². The van der Waals surface area contributed by atoms with Crippen LogP contribution in [0, 0.1) is 0 Å². The summed E-state index contributed by atoms with van der Waals surface area (Å²) in [7, 11) is 0. The summed E-state index contributed by atoms with van der Waals surface area (Å²) >= 11 is 4.01. The van der Waals surface area contributed by atoms with Crippen molar-refractivity contribution in [2.45, 2.75) is 23.4 Å². The summed E-state index contributed by atoms with van der Waals surface area (Å²) in [4.78, 5) is 52.9. The van der Waals surface area contributed by atoms with Gasteiger partial charge in [-0.25, -0.2) is 14.8 Å². The fraction of sp³-hybridized carbons (Fsp3) is 0.273. The van der Waals surface area contributed by atoms with Crippen LogP contribution in [0.1, 0.15) is 12.6 Å². The van der Waals surface area contributed by atoms with Gasteiger partial charge < -0.3 is 21.0 Å². The second kappa shape index (κ2) is 10.4. The Morgan fingerprint density at radius 3 is 2.97 bits per heavy atom. The SMILES string of the molecule is CCO/N=C(\C(=O)N[C@@H]1C(=O)N2C(C(=O)O)=C(CSc3cccc4nccn34)CS[C@H]12)c1csc(N)n1. The number of thioether (sulfide) groups is 2. The number of carboxylic acids is 1. The maximum Gasteiger partial charge on any atom is 0.352 e. The summed E-state index contributed by atoms with van der Waals surface area (Å²) in [6, 6.07) is 4.78. The van der Waals surface area contributed by atoms with E-state index in [4.69, 9.17) is 10.6 Å². The first kappa shape index (κ1) is 25.1. The van der Waals surface area contributed by atoms with Gasteiger partial charge in [-0.05, 0) is 24.6 Å². The molecule has 12 nitrogen and oxygen atoms in total.